The lowest BCUT2D eigenvalue weighted by Gasteiger charge is -2.28. The van der Waals surface area contributed by atoms with Crippen LogP contribution in [0.15, 0.2) is 66.7 Å². The Morgan fingerprint density at radius 2 is 1.53 bits per heavy atom. The van der Waals surface area contributed by atoms with E-state index >= 15 is 0 Å². The quantitative estimate of drug-likeness (QED) is 0.164. The van der Waals surface area contributed by atoms with Crippen molar-refractivity contribution in [1.82, 2.24) is 5.32 Å². The van der Waals surface area contributed by atoms with Gasteiger partial charge in [0.1, 0.15) is 17.4 Å². The minimum absolute atomic E-state index is 0.00841. The monoisotopic (exact) mass is 606 g/mol. The standard InChI is InChI=1S/C31H31F5N2O5/c1-3-5-24(19-6-8-21(9-7-19)29(40)37-17-16-27(39)42-4-2)28(20-10-13-23(14-11-20)43-31(34,35)36)30(41)38-26-15-12-22(32)18-25(26)33/h6-15,18,24,28H,3-5,16-17H2,1-2H3,(H,37,40)(H,38,41)/t24?,28-/m1/s1. The molecule has 0 aromatic heterocycles. The van der Waals surface area contributed by atoms with Gasteiger partial charge in [0.05, 0.1) is 24.6 Å². The van der Waals surface area contributed by atoms with Gasteiger partial charge in [-0.15, -0.1) is 13.2 Å². The van der Waals surface area contributed by atoms with Gasteiger partial charge in [-0.2, -0.15) is 0 Å². The molecule has 0 aliphatic heterocycles. The van der Waals surface area contributed by atoms with Crippen molar-refractivity contribution in [2.24, 2.45) is 0 Å². The first-order valence-corrected chi connectivity index (χ1v) is 13.6. The van der Waals surface area contributed by atoms with Crippen molar-refractivity contribution in [2.75, 3.05) is 18.5 Å². The molecule has 3 rings (SSSR count). The second kappa shape index (κ2) is 15.1. The van der Waals surface area contributed by atoms with Gasteiger partial charge in [0.15, 0.2) is 0 Å². The van der Waals surface area contributed by atoms with Crippen LogP contribution < -0.4 is 15.4 Å². The number of rotatable bonds is 13. The molecule has 0 saturated carbocycles. The molecule has 43 heavy (non-hydrogen) atoms. The molecule has 0 spiro atoms. The maximum Gasteiger partial charge on any atom is 0.573 e. The fourth-order valence-corrected chi connectivity index (χ4v) is 4.58. The fourth-order valence-electron chi connectivity index (χ4n) is 4.58. The smallest absolute Gasteiger partial charge is 0.466 e. The summed E-state index contributed by atoms with van der Waals surface area (Å²) in [7, 11) is 0. The summed E-state index contributed by atoms with van der Waals surface area (Å²) in [4.78, 5) is 37.7. The van der Waals surface area contributed by atoms with Gasteiger partial charge in [-0.05, 0) is 66.8 Å². The highest BCUT2D eigenvalue weighted by atomic mass is 19.4. The maximum absolute atomic E-state index is 14.4. The van der Waals surface area contributed by atoms with Crippen LogP contribution in [0.2, 0.25) is 0 Å². The van der Waals surface area contributed by atoms with Crippen LogP contribution in [-0.2, 0) is 14.3 Å². The first-order chi connectivity index (χ1) is 20.4. The van der Waals surface area contributed by atoms with Crippen LogP contribution in [0.25, 0.3) is 0 Å². The number of benzene rings is 3. The summed E-state index contributed by atoms with van der Waals surface area (Å²) in [5, 5.41) is 5.10. The highest BCUT2D eigenvalue weighted by Gasteiger charge is 2.33. The van der Waals surface area contributed by atoms with Gasteiger partial charge < -0.3 is 20.1 Å². The number of hydrogen-bond acceptors (Lipinski definition) is 5. The van der Waals surface area contributed by atoms with Crippen LogP contribution in [0.1, 0.15) is 66.4 Å². The third kappa shape index (κ3) is 9.79. The van der Waals surface area contributed by atoms with E-state index in [-0.39, 0.29) is 25.3 Å². The minimum Gasteiger partial charge on any atom is -0.466 e. The molecule has 2 N–H and O–H groups in total. The summed E-state index contributed by atoms with van der Waals surface area (Å²) in [5.41, 5.74) is 0.999. The lowest BCUT2D eigenvalue weighted by atomic mass is 9.78. The second-order valence-corrected chi connectivity index (χ2v) is 9.54. The second-order valence-electron chi connectivity index (χ2n) is 9.54. The van der Waals surface area contributed by atoms with Crippen molar-refractivity contribution in [2.45, 2.75) is 51.3 Å². The van der Waals surface area contributed by atoms with Gasteiger partial charge in [-0.1, -0.05) is 37.6 Å². The predicted molar refractivity (Wildman–Crippen MR) is 149 cm³/mol. The summed E-state index contributed by atoms with van der Waals surface area (Å²) < 4.78 is 74.8. The molecule has 2 amide bonds. The zero-order valence-electron chi connectivity index (χ0n) is 23.5. The maximum atomic E-state index is 14.4. The Morgan fingerprint density at radius 1 is 0.884 bits per heavy atom. The van der Waals surface area contributed by atoms with E-state index in [4.69, 9.17) is 4.74 Å². The highest BCUT2D eigenvalue weighted by molar-refractivity contribution is 5.97. The molecule has 0 aliphatic rings. The lowest BCUT2D eigenvalue weighted by Crippen LogP contribution is -2.28. The van der Waals surface area contributed by atoms with Crippen LogP contribution >= 0.6 is 0 Å². The summed E-state index contributed by atoms with van der Waals surface area (Å²) in [6.07, 6.45) is -3.86. The number of ether oxygens (including phenoxy) is 2. The molecule has 0 aliphatic carbocycles. The van der Waals surface area contributed by atoms with Crippen molar-refractivity contribution in [3.05, 3.63) is 95.1 Å². The van der Waals surface area contributed by atoms with Crippen LogP contribution in [0.5, 0.6) is 5.75 Å². The number of halogens is 5. The van der Waals surface area contributed by atoms with Crippen LogP contribution in [0, 0.1) is 11.6 Å². The summed E-state index contributed by atoms with van der Waals surface area (Å²) in [6.45, 7) is 3.87. The molecule has 0 saturated heterocycles. The number of carbonyl (C=O) groups is 3. The highest BCUT2D eigenvalue weighted by Crippen LogP contribution is 2.39. The molecular formula is C31H31F5N2O5. The Morgan fingerprint density at radius 3 is 2.12 bits per heavy atom. The SMILES string of the molecule is CCCC(c1ccc(C(=O)NCCC(=O)OCC)cc1)[C@H](C(=O)Nc1ccc(F)cc1F)c1ccc(OC(F)(F)F)cc1. The zero-order chi connectivity index (χ0) is 31.6. The summed E-state index contributed by atoms with van der Waals surface area (Å²) >= 11 is 0. The first-order valence-electron chi connectivity index (χ1n) is 13.6. The van der Waals surface area contributed by atoms with E-state index in [1.165, 1.54) is 12.1 Å². The Bertz CT molecular complexity index is 1400. The number of esters is 1. The molecule has 3 aromatic rings. The van der Waals surface area contributed by atoms with E-state index in [1.54, 1.807) is 31.2 Å². The van der Waals surface area contributed by atoms with Crippen molar-refractivity contribution in [3.8, 4) is 5.75 Å². The predicted octanol–water partition coefficient (Wildman–Crippen LogP) is 6.85. The van der Waals surface area contributed by atoms with E-state index in [1.807, 2.05) is 6.92 Å². The van der Waals surface area contributed by atoms with Gasteiger partial charge in [0.25, 0.3) is 5.91 Å². The number of anilines is 1. The van der Waals surface area contributed by atoms with Crippen molar-refractivity contribution < 1.29 is 45.8 Å². The molecule has 3 aromatic carbocycles. The molecule has 0 bridgehead atoms. The molecule has 0 radical (unpaired) electrons. The minimum atomic E-state index is -4.91. The van der Waals surface area contributed by atoms with Gasteiger partial charge in [0, 0.05) is 18.2 Å². The lowest BCUT2D eigenvalue weighted by molar-refractivity contribution is -0.274. The molecule has 12 heteroatoms. The number of nitrogens with one attached hydrogen (secondary N) is 2. The van der Waals surface area contributed by atoms with E-state index in [0.717, 1.165) is 24.3 Å². The largest absolute Gasteiger partial charge is 0.573 e. The van der Waals surface area contributed by atoms with Crippen LogP contribution in [0.3, 0.4) is 0 Å². The van der Waals surface area contributed by atoms with Gasteiger partial charge in [0.2, 0.25) is 5.91 Å². The Hall–Kier alpha value is -4.48. The molecule has 0 fully saturated rings. The number of amides is 2. The Labute approximate surface area is 245 Å². The molecular weight excluding hydrogens is 575 g/mol. The third-order valence-electron chi connectivity index (χ3n) is 6.47. The third-order valence-corrected chi connectivity index (χ3v) is 6.47. The van der Waals surface area contributed by atoms with Gasteiger partial charge in [-0.3, -0.25) is 14.4 Å². The van der Waals surface area contributed by atoms with E-state index in [9.17, 15) is 36.3 Å². The van der Waals surface area contributed by atoms with Crippen LogP contribution in [-0.4, -0.2) is 37.3 Å². The summed E-state index contributed by atoms with van der Waals surface area (Å²) in [6, 6.07) is 13.9. The molecule has 7 nitrogen and oxygen atoms in total. The number of hydrogen-bond donors (Lipinski definition) is 2. The Kier molecular flexibility index (Phi) is 11.6. The molecule has 2 atom stereocenters. The van der Waals surface area contributed by atoms with Crippen LogP contribution in [0.4, 0.5) is 27.6 Å². The van der Waals surface area contributed by atoms with Crippen molar-refractivity contribution in [3.63, 3.8) is 0 Å². The Balaban J connectivity index is 1.91. The molecule has 0 heterocycles. The number of alkyl halides is 3. The normalized spacial score (nSPS) is 12.6. The average molecular weight is 607 g/mol. The van der Waals surface area contributed by atoms with Gasteiger partial charge in [-0.25, -0.2) is 8.78 Å². The number of carbonyl (C=O) groups excluding carboxylic acids is 3. The van der Waals surface area contributed by atoms with E-state index in [0.29, 0.717) is 35.6 Å². The molecule has 1 unspecified atom stereocenters. The van der Waals surface area contributed by atoms with E-state index < -0.39 is 53.4 Å². The van der Waals surface area contributed by atoms with Crippen molar-refractivity contribution >= 4 is 23.5 Å². The van der Waals surface area contributed by atoms with E-state index in [2.05, 4.69) is 15.4 Å². The first kappa shape index (κ1) is 33.0. The molecule has 230 valence electrons. The zero-order valence-corrected chi connectivity index (χ0v) is 23.5. The average Bonchev–Trinajstić information content (AvgIpc) is 2.94. The topological polar surface area (TPSA) is 93.7 Å². The summed E-state index contributed by atoms with van der Waals surface area (Å²) in [5.74, 6) is -5.42. The fraction of sp³-hybridized carbons (Fsp3) is 0.323. The van der Waals surface area contributed by atoms with Crippen molar-refractivity contribution in [1.29, 1.82) is 0 Å². The van der Waals surface area contributed by atoms with Gasteiger partial charge >= 0.3 is 12.3 Å².